The van der Waals surface area contributed by atoms with E-state index in [1.54, 1.807) is 34.8 Å². The van der Waals surface area contributed by atoms with Crippen LogP contribution >= 0.6 is 22.9 Å². The van der Waals surface area contributed by atoms with Gasteiger partial charge in [0.2, 0.25) is 0 Å². The number of benzene rings is 1. The first-order valence-corrected chi connectivity index (χ1v) is 10.4. The molecule has 8 nitrogen and oxygen atoms in total. The van der Waals surface area contributed by atoms with E-state index in [2.05, 4.69) is 25.4 Å². The number of nitriles is 1. The first-order valence-electron chi connectivity index (χ1n) is 9.13. The number of halogens is 2. The van der Waals surface area contributed by atoms with Gasteiger partial charge in [0.1, 0.15) is 16.8 Å². The number of aromatic amines is 1. The van der Waals surface area contributed by atoms with Crippen LogP contribution in [0.4, 0.5) is 4.39 Å². The second-order valence-corrected chi connectivity index (χ2v) is 7.94. The van der Waals surface area contributed by atoms with E-state index in [0.29, 0.717) is 22.9 Å². The Hall–Kier alpha value is -3.55. The fourth-order valence-corrected chi connectivity index (χ4v) is 3.92. The smallest absolute Gasteiger partial charge is 0.271 e. The molecule has 0 spiro atoms. The van der Waals surface area contributed by atoms with Crippen molar-refractivity contribution >= 4 is 28.8 Å². The number of nitrogens with zero attached hydrogens (tertiary/aromatic N) is 5. The van der Waals surface area contributed by atoms with Crippen LogP contribution in [0.1, 0.15) is 23.0 Å². The highest BCUT2D eigenvalue weighted by atomic mass is 35.5. The molecule has 11 heteroatoms. The molecule has 0 fully saturated rings. The summed E-state index contributed by atoms with van der Waals surface area (Å²) in [5, 5.41) is 18.3. The largest absolute Gasteiger partial charge is 0.346 e. The van der Waals surface area contributed by atoms with Crippen molar-refractivity contribution < 1.29 is 9.18 Å². The van der Waals surface area contributed by atoms with Crippen LogP contribution < -0.4 is 5.32 Å². The second-order valence-electron chi connectivity index (χ2n) is 6.70. The fourth-order valence-electron chi connectivity index (χ4n) is 2.94. The van der Waals surface area contributed by atoms with Crippen LogP contribution in [0.3, 0.4) is 0 Å². The van der Waals surface area contributed by atoms with E-state index in [0.717, 1.165) is 5.69 Å². The van der Waals surface area contributed by atoms with Crippen LogP contribution in [-0.4, -0.2) is 36.7 Å². The monoisotopic (exact) mass is 455 g/mol. The van der Waals surface area contributed by atoms with Gasteiger partial charge in [-0.2, -0.15) is 10.4 Å². The lowest BCUT2D eigenvalue weighted by Crippen LogP contribution is -2.36. The lowest BCUT2D eigenvalue weighted by molar-refractivity contribution is 0.0931. The molecule has 0 saturated heterocycles. The predicted octanol–water partition coefficient (Wildman–Crippen LogP) is 3.88. The van der Waals surface area contributed by atoms with Gasteiger partial charge in [0.05, 0.1) is 41.0 Å². The summed E-state index contributed by atoms with van der Waals surface area (Å²) in [5.74, 6) is -0.990. The predicted molar refractivity (Wildman–Crippen MR) is 114 cm³/mol. The average molecular weight is 456 g/mol. The lowest BCUT2D eigenvalue weighted by atomic mass is 10.1. The molecule has 0 aliphatic heterocycles. The zero-order chi connectivity index (χ0) is 22.0. The van der Waals surface area contributed by atoms with Gasteiger partial charge in [-0.15, -0.1) is 11.3 Å². The van der Waals surface area contributed by atoms with E-state index in [-0.39, 0.29) is 28.1 Å². The van der Waals surface area contributed by atoms with Crippen LogP contribution in [-0.2, 0) is 6.54 Å². The molecule has 0 aliphatic rings. The van der Waals surface area contributed by atoms with Gasteiger partial charge in [-0.05, 0) is 25.1 Å². The van der Waals surface area contributed by atoms with Crippen molar-refractivity contribution in [3.05, 3.63) is 64.4 Å². The van der Waals surface area contributed by atoms with Crippen molar-refractivity contribution in [3.63, 3.8) is 0 Å². The van der Waals surface area contributed by atoms with Crippen molar-refractivity contribution in [3.8, 4) is 28.0 Å². The third kappa shape index (κ3) is 4.33. The molecule has 3 heterocycles. The lowest BCUT2D eigenvalue weighted by Gasteiger charge is -2.13. The summed E-state index contributed by atoms with van der Waals surface area (Å²) >= 11 is 7.24. The molecule has 1 aromatic carbocycles. The van der Waals surface area contributed by atoms with E-state index < -0.39 is 5.82 Å². The van der Waals surface area contributed by atoms with Crippen molar-refractivity contribution in [1.82, 2.24) is 30.0 Å². The fraction of sp³-hybridized carbons (Fsp3) is 0.150. The van der Waals surface area contributed by atoms with E-state index in [9.17, 15) is 9.18 Å². The van der Waals surface area contributed by atoms with Crippen LogP contribution in [0.25, 0.3) is 22.0 Å². The number of carbonyl (C=O) groups is 1. The van der Waals surface area contributed by atoms with E-state index in [1.165, 1.54) is 23.5 Å². The Morgan fingerprint density at radius 3 is 3.03 bits per heavy atom. The maximum atomic E-state index is 14.5. The molecule has 31 heavy (non-hydrogen) atoms. The SMILES string of the molecule is CC(Cn1ccc(-c2ccc(C#N)c(Cl)c2F)n1)NC(=O)c1csc(-c2cnc[nH]2)n1. The second kappa shape index (κ2) is 8.67. The molecule has 4 rings (SSSR count). The Kier molecular flexibility index (Phi) is 5.79. The number of hydrogen-bond acceptors (Lipinski definition) is 6. The number of rotatable bonds is 6. The molecule has 4 aromatic rings. The zero-order valence-corrected chi connectivity index (χ0v) is 17.7. The Morgan fingerprint density at radius 1 is 1.45 bits per heavy atom. The molecule has 1 unspecified atom stereocenters. The number of aromatic nitrogens is 5. The number of imidazole rings is 1. The molecule has 0 radical (unpaired) electrons. The van der Waals surface area contributed by atoms with Crippen LogP contribution in [0, 0.1) is 17.1 Å². The van der Waals surface area contributed by atoms with Crippen LogP contribution in [0.5, 0.6) is 0 Å². The summed E-state index contributed by atoms with van der Waals surface area (Å²) in [5.41, 5.74) is 1.71. The molecule has 0 bridgehead atoms. The van der Waals surface area contributed by atoms with Crippen molar-refractivity contribution in [2.45, 2.75) is 19.5 Å². The van der Waals surface area contributed by atoms with E-state index in [1.807, 2.05) is 13.0 Å². The van der Waals surface area contributed by atoms with Gasteiger partial charge < -0.3 is 10.3 Å². The Balaban J connectivity index is 1.42. The van der Waals surface area contributed by atoms with Crippen LogP contribution in [0.2, 0.25) is 5.02 Å². The van der Waals surface area contributed by atoms with E-state index >= 15 is 0 Å². The standard InChI is InChI=1S/C20H15ClFN7OS/c1-11(26-19(30)16-9-31-20(27-16)15-7-24-10-25-15)8-29-5-4-14(28-29)13-3-2-12(6-23)17(21)18(13)22/h2-5,7,9-11H,8H2,1H3,(H,24,25)(H,26,30). The normalized spacial score (nSPS) is 11.8. The van der Waals surface area contributed by atoms with Gasteiger partial charge in [-0.1, -0.05) is 11.6 Å². The molecule has 3 aromatic heterocycles. The first kappa shape index (κ1) is 20.7. The number of H-pyrrole nitrogens is 1. The highest BCUT2D eigenvalue weighted by Gasteiger charge is 2.17. The van der Waals surface area contributed by atoms with Crippen LogP contribution in [0.15, 0.2) is 42.3 Å². The highest BCUT2D eigenvalue weighted by molar-refractivity contribution is 7.13. The van der Waals surface area contributed by atoms with Gasteiger partial charge in [-0.3, -0.25) is 9.48 Å². The minimum Gasteiger partial charge on any atom is -0.346 e. The third-order valence-corrected chi connectivity index (χ3v) is 5.67. The minimum absolute atomic E-state index is 0.0661. The highest BCUT2D eigenvalue weighted by Crippen LogP contribution is 2.29. The Morgan fingerprint density at radius 2 is 2.29 bits per heavy atom. The average Bonchev–Trinajstić information content (AvgIpc) is 3.51. The quantitative estimate of drug-likeness (QED) is 0.458. The van der Waals surface area contributed by atoms with E-state index in [4.69, 9.17) is 16.9 Å². The molecule has 0 saturated carbocycles. The first-order chi connectivity index (χ1) is 15.0. The molecule has 2 N–H and O–H groups in total. The number of nitrogens with one attached hydrogen (secondary N) is 2. The van der Waals surface area contributed by atoms with Gasteiger partial charge in [-0.25, -0.2) is 14.4 Å². The summed E-state index contributed by atoms with van der Waals surface area (Å²) in [7, 11) is 0. The third-order valence-electron chi connectivity index (χ3n) is 4.42. The topological polar surface area (TPSA) is 112 Å². The van der Waals surface area contributed by atoms with Gasteiger partial charge in [0, 0.05) is 23.2 Å². The molecule has 0 aliphatic carbocycles. The van der Waals surface area contributed by atoms with Crippen molar-refractivity contribution in [1.29, 1.82) is 5.26 Å². The summed E-state index contributed by atoms with van der Waals surface area (Å²) in [6.07, 6.45) is 4.87. The summed E-state index contributed by atoms with van der Waals surface area (Å²) < 4.78 is 16.1. The number of carbonyl (C=O) groups excluding carboxylic acids is 1. The Labute approximate surface area is 185 Å². The number of hydrogen-bond donors (Lipinski definition) is 2. The molecule has 156 valence electrons. The maximum Gasteiger partial charge on any atom is 0.271 e. The van der Waals surface area contributed by atoms with Gasteiger partial charge >= 0.3 is 0 Å². The Bertz CT molecular complexity index is 1280. The van der Waals surface area contributed by atoms with Crippen molar-refractivity contribution in [2.75, 3.05) is 0 Å². The zero-order valence-electron chi connectivity index (χ0n) is 16.1. The van der Waals surface area contributed by atoms with Crippen molar-refractivity contribution in [2.24, 2.45) is 0 Å². The minimum atomic E-state index is -0.691. The van der Waals surface area contributed by atoms with Gasteiger partial charge in [0.15, 0.2) is 5.82 Å². The molecular weight excluding hydrogens is 441 g/mol. The molecule has 1 atom stereocenters. The maximum absolute atomic E-state index is 14.5. The number of thiazole rings is 1. The summed E-state index contributed by atoms with van der Waals surface area (Å²) in [6, 6.07) is 6.15. The molecular formula is C20H15ClFN7OS. The number of amides is 1. The summed E-state index contributed by atoms with van der Waals surface area (Å²) in [6.45, 7) is 2.20. The van der Waals surface area contributed by atoms with Gasteiger partial charge in [0.25, 0.3) is 5.91 Å². The molecule has 1 amide bonds. The summed E-state index contributed by atoms with van der Waals surface area (Å²) in [4.78, 5) is 23.7.